The summed E-state index contributed by atoms with van der Waals surface area (Å²) in [6.07, 6.45) is 2.84. The lowest BCUT2D eigenvalue weighted by atomic mass is 10.2. The molecule has 0 aliphatic heterocycles. The van der Waals surface area contributed by atoms with Gasteiger partial charge in [0.05, 0.1) is 23.1 Å². The van der Waals surface area contributed by atoms with E-state index in [0.717, 1.165) is 0 Å². The topological polar surface area (TPSA) is 54.0 Å². The van der Waals surface area contributed by atoms with Gasteiger partial charge in [-0.05, 0) is 13.0 Å². The third kappa shape index (κ3) is 3.31. The van der Waals surface area contributed by atoms with Crippen LogP contribution in [0.5, 0.6) is 0 Å². The van der Waals surface area contributed by atoms with Gasteiger partial charge < -0.3 is 10.6 Å². The molecule has 1 heterocycles. The maximum absolute atomic E-state index is 13.5. The monoisotopic (exact) mass is 295 g/mol. The number of rotatable bonds is 4. The van der Waals surface area contributed by atoms with Gasteiger partial charge in [-0.1, -0.05) is 0 Å². The predicted octanol–water partition coefficient (Wildman–Crippen LogP) is 3.18. The Morgan fingerprint density at radius 1 is 1.14 bits per heavy atom. The number of pyridine rings is 1. The van der Waals surface area contributed by atoms with E-state index in [-0.39, 0.29) is 5.56 Å². The molecule has 4 nitrogen and oxygen atoms in total. The molecule has 7 heteroatoms. The van der Waals surface area contributed by atoms with Crippen molar-refractivity contribution in [1.29, 1.82) is 0 Å². The van der Waals surface area contributed by atoms with Crippen LogP contribution in [-0.4, -0.2) is 17.4 Å². The van der Waals surface area contributed by atoms with Crippen molar-refractivity contribution < 1.29 is 18.0 Å². The molecule has 0 spiro atoms. The van der Waals surface area contributed by atoms with Crippen LogP contribution in [0.1, 0.15) is 17.3 Å². The average Bonchev–Trinajstić information content (AvgIpc) is 2.45. The Morgan fingerprint density at radius 3 is 2.57 bits per heavy atom. The van der Waals surface area contributed by atoms with Gasteiger partial charge in [-0.25, -0.2) is 13.2 Å². The lowest BCUT2D eigenvalue weighted by Gasteiger charge is -2.11. The standard InChI is InChI=1S/C14H12F3N3O/c1-2-19-13-7-18-4-3-8(13)14(21)20-12-6-10(16)9(15)5-11(12)17/h3-7,19H,2H2,1H3,(H,20,21). The first kappa shape index (κ1) is 14.8. The van der Waals surface area contributed by atoms with Crippen LogP contribution in [-0.2, 0) is 0 Å². The molecule has 0 fully saturated rings. The van der Waals surface area contributed by atoms with Crippen LogP contribution in [0.3, 0.4) is 0 Å². The van der Waals surface area contributed by atoms with Gasteiger partial charge in [-0.3, -0.25) is 9.78 Å². The number of aromatic nitrogens is 1. The third-order valence-corrected chi connectivity index (χ3v) is 2.69. The maximum atomic E-state index is 13.5. The molecule has 1 aromatic heterocycles. The van der Waals surface area contributed by atoms with E-state index in [1.807, 2.05) is 6.92 Å². The average molecular weight is 295 g/mol. The summed E-state index contributed by atoms with van der Waals surface area (Å²) in [6, 6.07) is 2.41. The van der Waals surface area contributed by atoms with Crippen LogP contribution >= 0.6 is 0 Å². The number of hydrogen-bond donors (Lipinski definition) is 2. The quantitative estimate of drug-likeness (QED) is 0.852. The van der Waals surface area contributed by atoms with Gasteiger partial charge in [0.1, 0.15) is 5.82 Å². The Morgan fingerprint density at radius 2 is 1.86 bits per heavy atom. The highest BCUT2D eigenvalue weighted by molar-refractivity contribution is 6.07. The summed E-state index contributed by atoms with van der Waals surface area (Å²) in [5.74, 6) is -4.27. The van der Waals surface area contributed by atoms with Crippen molar-refractivity contribution >= 4 is 17.3 Å². The van der Waals surface area contributed by atoms with Gasteiger partial charge in [0.25, 0.3) is 5.91 Å². The fourth-order valence-corrected chi connectivity index (χ4v) is 1.73. The molecule has 2 rings (SSSR count). The zero-order valence-electron chi connectivity index (χ0n) is 11.1. The second kappa shape index (κ2) is 6.25. The summed E-state index contributed by atoms with van der Waals surface area (Å²) < 4.78 is 39.4. The Bertz CT molecular complexity index is 677. The van der Waals surface area contributed by atoms with E-state index < -0.39 is 29.0 Å². The second-order valence-corrected chi connectivity index (χ2v) is 4.15. The van der Waals surface area contributed by atoms with Crippen molar-refractivity contribution in [2.24, 2.45) is 0 Å². The molecule has 0 atom stereocenters. The van der Waals surface area contributed by atoms with Gasteiger partial charge >= 0.3 is 0 Å². The Kier molecular flexibility index (Phi) is 4.42. The number of nitrogens with one attached hydrogen (secondary N) is 2. The Hall–Kier alpha value is -2.57. The highest BCUT2D eigenvalue weighted by Gasteiger charge is 2.15. The minimum Gasteiger partial charge on any atom is -0.383 e. The molecular weight excluding hydrogens is 283 g/mol. The van der Waals surface area contributed by atoms with Crippen LogP contribution in [0.25, 0.3) is 0 Å². The number of hydrogen-bond acceptors (Lipinski definition) is 3. The van der Waals surface area contributed by atoms with E-state index >= 15 is 0 Å². The molecule has 0 aliphatic carbocycles. The van der Waals surface area contributed by atoms with E-state index in [1.54, 1.807) is 0 Å². The molecule has 0 saturated heterocycles. The first-order chi connectivity index (χ1) is 10.0. The maximum Gasteiger partial charge on any atom is 0.257 e. The normalized spacial score (nSPS) is 10.3. The van der Waals surface area contributed by atoms with E-state index in [1.165, 1.54) is 18.5 Å². The Balaban J connectivity index is 2.28. The fourth-order valence-electron chi connectivity index (χ4n) is 1.73. The van der Waals surface area contributed by atoms with Crippen LogP contribution in [0.2, 0.25) is 0 Å². The number of amides is 1. The highest BCUT2D eigenvalue weighted by atomic mass is 19.2. The number of anilines is 2. The zero-order valence-corrected chi connectivity index (χ0v) is 11.1. The van der Waals surface area contributed by atoms with Gasteiger partial charge in [-0.2, -0.15) is 0 Å². The van der Waals surface area contributed by atoms with Crippen molar-refractivity contribution in [2.45, 2.75) is 6.92 Å². The van der Waals surface area contributed by atoms with E-state index in [9.17, 15) is 18.0 Å². The minimum atomic E-state index is -1.32. The first-order valence-electron chi connectivity index (χ1n) is 6.16. The fraction of sp³-hybridized carbons (Fsp3) is 0.143. The molecule has 0 radical (unpaired) electrons. The van der Waals surface area contributed by atoms with Gasteiger partial charge in [0, 0.05) is 24.9 Å². The molecule has 0 aliphatic rings. The molecule has 2 N–H and O–H groups in total. The molecule has 110 valence electrons. The molecule has 21 heavy (non-hydrogen) atoms. The molecule has 2 aromatic rings. The minimum absolute atomic E-state index is 0.219. The Labute approximate surface area is 119 Å². The van der Waals surface area contributed by atoms with Gasteiger partial charge in [0.15, 0.2) is 11.6 Å². The molecule has 0 saturated carbocycles. The lowest BCUT2D eigenvalue weighted by Crippen LogP contribution is -2.16. The van der Waals surface area contributed by atoms with Crippen LogP contribution < -0.4 is 10.6 Å². The van der Waals surface area contributed by atoms with Crippen LogP contribution in [0, 0.1) is 17.5 Å². The number of nitrogens with zero attached hydrogens (tertiary/aromatic N) is 1. The largest absolute Gasteiger partial charge is 0.383 e. The van der Waals surface area contributed by atoms with Crippen molar-refractivity contribution in [3.05, 3.63) is 53.6 Å². The number of carbonyl (C=O) groups is 1. The third-order valence-electron chi connectivity index (χ3n) is 2.69. The predicted molar refractivity (Wildman–Crippen MR) is 72.7 cm³/mol. The van der Waals surface area contributed by atoms with Crippen molar-refractivity contribution in [2.75, 3.05) is 17.2 Å². The summed E-state index contributed by atoms with van der Waals surface area (Å²) in [5, 5.41) is 5.13. The zero-order chi connectivity index (χ0) is 15.4. The van der Waals surface area contributed by atoms with E-state index in [0.29, 0.717) is 24.4 Å². The summed E-state index contributed by atoms with van der Waals surface area (Å²) >= 11 is 0. The number of benzene rings is 1. The molecule has 0 bridgehead atoms. The number of carbonyl (C=O) groups excluding carboxylic acids is 1. The molecular formula is C14H12F3N3O. The van der Waals surface area contributed by atoms with E-state index in [2.05, 4.69) is 15.6 Å². The summed E-state index contributed by atoms with van der Waals surface area (Å²) in [7, 11) is 0. The SMILES string of the molecule is CCNc1cnccc1C(=O)Nc1cc(F)c(F)cc1F. The van der Waals surface area contributed by atoms with E-state index in [4.69, 9.17) is 0 Å². The highest BCUT2D eigenvalue weighted by Crippen LogP contribution is 2.21. The van der Waals surface area contributed by atoms with Crippen molar-refractivity contribution in [3.8, 4) is 0 Å². The van der Waals surface area contributed by atoms with Crippen LogP contribution in [0.15, 0.2) is 30.6 Å². The first-order valence-corrected chi connectivity index (χ1v) is 6.16. The lowest BCUT2D eigenvalue weighted by molar-refractivity contribution is 0.102. The van der Waals surface area contributed by atoms with Gasteiger partial charge in [0.2, 0.25) is 0 Å². The smallest absolute Gasteiger partial charge is 0.257 e. The summed E-state index contributed by atoms with van der Waals surface area (Å²) in [6.45, 7) is 2.40. The molecule has 0 unspecified atom stereocenters. The number of halogens is 3. The van der Waals surface area contributed by atoms with Crippen molar-refractivity contribution in [3.63, 3.8) is 0 Å². The van der Waals surface area contributed by atoms with Gasteiger partial charge in [-0.15, -0.1) is 0 Å². The molecule has 1 amide bonds. The second-order valence-electron chi connectivity index (χ2n) is 4.15. The summed E-state index contributed by atoms with van der Waals surface area (Å²) in [5.41, 5.74) is 0.245. The molecule has 1 aromatic carbocycles. The van der Waals surface area contributed by atoms with Crippen molar-refractivity contribution in [1.82, 2.24) is 4.98 Å². The van der Waals surface area contributed by atoms with Crippen LogP contribution in [0.4, 0.5) is 24.5 Å². The summed E-state index contributed by atoms with van der Waals surface area (Å²) in [4.78, 5) is 16.0.